The fourth-order valence-electron chi connectivity index (χ4n) is 1.98. The van der Waals surface area contributed by atoms with Gasteiger partial charge in [0.15, 0.2) is 0 Å². The first kappa shape index (κ1) is 13.4. The second-order valence-electron chi connectivity index (χ2n) is 4.44. The summed E-state index contributed by atoms with van der Waals surface area (Å²) in [5.74, 6) is 0. The third kappa shape index (κ3) is 3.26. The number of benzene rings is 2. The predicted octanol–water partition coefficient (Wildman–Crippen LogP) is 4.54. The lowest BCUT2D eigenvalue weighted by molar-refractivity contribution is 0.719. The molecule has 3 heteroatoms. The van der Waals surface area contributed by atoms with E-state index in [0.717, 1.165) is 12.0 Å². The lowest BCUT2D eigenvalue weighted by Crippen LogP contribution is -2.14. The van der Waals surface area contributed by atoms with Crippen LogP contribution in [0, 0.1) is 6.92 Å². The topological polar surface area (TPSA) is 26.0 Å². The Morgan fingerprint density at radius 1 is 1.06 bits per heavy atom. The molecule has 2 N–H and O–H groups in total. The normalized spacial score (nSPS) is 12.4. The van der Waals surface area contributed by atoms with Crippen LogP contribution in [0.15, 0.2) is 42.5 Å². The van der Waals surface area contributed by atoms with Crippen molar-refractivity contribution < 1.29 is 0 Å². The molecule has 2 aromatic carbocycles. The standard InChI is InChI=1S/C15H15Cl2N/c1-10-4-2-3-5-11(10)8-15(18)12-6-13(16)9-14(17)7-12/h2-7,9,15H,8,18H2,1H3. The Morgan fingerprint density at radius 3 is 2.28 bits per heavy atom. The van der Waals surface area contributed by atoms with Gasteiger partial charge in [-0.2, -0.15) is 0 Å². The molecule has 0 saturated heterocycles. The Bertz CT molecular complexity index is 532. The highest BCUT2D eigenvalue weighted by molar-refractivity contribution is 6.34. The number of hydrogen-bond acceptors (Lipinski definition) is 1. The van der Waals surface area contributed by atoms with Crippen LogP contribution in [0.1, 0.15) is 22.7 Å². The average molecular weight is 280 g/mol. The second kappa shape index (κ2) is 5.75. The molecule has 0 spiro atoms. The fraction of sp³-hybridized carbons (Fsp3) is 0.200. The van der Waals surface area contributed by atoms with Gasteiger partial charge in [-0.3, -0.25) is 0 Å². The van der Waals surface area contributed by atoms with Crippen LogP contribution < -0.4 is 5.73 Å². The van der Waals surface area contributed by atoms with Crippen LogP contribution in [0.5, 0.6) is 0 Å². The van der Waals surface area contributed by atoms with Gasteiger partial charge in [0.1, 0.15) is 0 Å². The van der Waals surface area contributed by atoms with Crippen molar-refractivity contribution in [1.29, 1.82) is 0 Å². The quantitative estimate of drug-likeness (QED) is 0.877. The van der Waals surface area contributed by atoms with Gasteiger partial charge in [0.2, 0.25) is 0 Å². The van der Waals surface area contributed by atoms with Gasteiger partial charge < -0.3 is 5.73 Å². The van der Waals surface area contributed by atoms with Crippen molar-refractivity contribution in [2.24, 2.45) is 5.73 Å². The summed E-state index contributed by atoms with van der Waals surface area (Å²) in [6, 6.07) is 13.6. The molecular weight excluding hydrogens is 265 g/mol. The van der Waals surface area contributed by atoms with Gasteiger partial charge in [0, 0.05) is 16.1 Å². The molecule has 2 rings (SSSR count). The van der Waals surface area contributed by atoms with E-state index in [0.29, 0.717) is 10.0 Å². The molecule has 0 amide bonds. The summed E-state index contributed by atoms with van der Waals surface area (Å²) in [7, 11) is 0. The van der Waals surface area contributed by atoms with E-state index in [1.807, 2.05) is 24.3 Å². The highest BCUT2D eigenvalue weighted by atomic mass is 35.5. The fourth-order valence-corrected chi connectivity index (χ4v) is 2.53. The van der Waals surface area contributed by atoms with Crippen LogP contribution in [0.25, 0.3) is 0 Å². The molecule has 0 aliphatic carbocycles. The van der Waals surface area contributed by atoms with Gasteiger partial charge in [-0.25, -0.2) is 0 Å². The molecule has 0 radical (unpaired) electrons. The zero-order chi connectivity index (χ0) is 13.1. The summed E-state index contributed by atoms with van der Waals surface area (Å²) in [5, 5.41) is 1.25. The molecule has 0 aliphatic heterocycles. The minimum absolute atomic E-state index is 0.0951. The van der Waals surface area contributed by atoms with E-state index in [-0.39, 0.29) is 6.04 Å². The predicted molar refractivity (Wildman–Crippen MR) is 78.3 cm³/mol. The summed E-state index contributed by atoms with van der Waals surface area (Å²) in [5.41, 5.74) is 9.69. The smallest absolute Gasteiger partial charge is 0.0424 e. The third-order valence-electron chi connectivity index (χ3n) is 3.01. The molecule has 1 atom stereocenters. The maximum Gasteiger partial charge on any atom is 0.0424 e. The van der Waals surface area contributed by atoms with E-state index < -0.39 is 0 Å². The molecule has 1 unspecified atom stereocenters. The molecular formula is C15H15Cl2N. The number of rotatable bonds is 3. The van der Waals surface area contributed by atoms with E-state index in [1.54, 1.807) is 6.07 Å². The number of nitrogens with two attached hydrogens (primary N) is 1. The van der Waals surface area contributed by atoms with Crippen LogP contribution in [-0.2, 0) is 6.42 Å². The van der Waals surface area contributed by atoms with Gasteiger partial charge in [-0.1, -0.05) is 47.5 Å². The molecule has 0 fully saturated rings. The minimum atomic E-state index is -0.0951. The Hall–Kier alpha value is -1.02. The van der Waals surface area contributed by atoms with E-state index in [4.69, 9.17) is 28.9 Å². The molecule has 0 bridgehead atoms. The van der Waals surface area contributed by atoms with E-state index in [1.165, 1.54) is 11.1 Å². The molecule has 2 aromatic rings. The largest absolute Gasteiger partial charge is 0.324 e. The highest BCUT2D eigenvalue weighted by Gasteiger charge is 2.10. The third-order valence-corrected chi connectivity index (χ3v) is 3.45. The first-order chi connectivity index (χ1) is 8.56. The molecule has 0 aliphatic rings. The van der Waals surface area contributed by atoms with Crippen LogP contribution in [0.2, 0.25) is 10.0 Å². The van der Waals surface area contributed by atoms with Gasteiger partial charge in [0.25, 0.3) is 0 Å². The number of hydrogen-bond donors (Lipinski definition) is 1. The van der Waals surface area contributed by atoms with Crippen molar-refractivity contribution >= 4 is 23.2 Å². The monoisotopic (exact) mass is 279 g/mol. The van der Waals surface area contributed by atoms with Crippen molar-refractivity contribution in [3.05, 3.63) is 69.2 Å². The van der Waals surface area contributed by atoms with Crippen molar-refractivity contribution in [2.45, 2.75) is 19.4 Å². The van der Waals surface area contributed by atoms with Gasteiger partial charge in [-0.15, -0.1) is 0 Å². The maximum absolute atomic E-state index is 6.22. The van der Waals surface area contributed by atoms with Crippen LogP contribution in [-0.4, -0.2) is 0 Å². The van der Waals surface area contributed by atoms with Gasteiger partial charge in [0.05, 0.1) is 0 Å². The molecule has 1 nitrogen and oxygen atoms in total. The first-order valence-corrected chi connectivity index (χ1v) is 6.58. The van der Waals surface area contributed by atoms with E-state index >= 15 is 0 Å². The molecule has 0 aromatic heterocycles. The van der Waals surface area contributed by atoms with Crippen molar-refractivity contribution in [2.75, 3.05) is 0 Å². The molecule has 94 valence electrons. The van der Waals surface area contributed by atoms with Crippen LogP contribution in [0.4, 0.5) is 0 Å². The Labute approximate surface area is 118 Å². The van der Waals surface area contributed by atoms with Crippen LogP contribution in [0.3, 0.4) is 0 Å². The Balaban J connectivity index is 2.22. The SMILES string of the molecule is Cc1ccccc1CC(N)c1cc(Cl)cc(Cl)c1. The summed E-state index contributed by atoms with van der Waals surface area (Å²) in [6.07, 6.45) is 0.781. The summed E-state index contributed by atoms with van der Waals surface area (Å²) < 4.78 is 0. The minimum Gasteiger partial charge on any atom is -0.324 e. The lowest BCUT2D eigenvalue weighted by atomic mass is 9.97. The first-order valence-electron chi connectivity index (χ1n) is 5.82. The summed E-state index contributed by atoms with van der Waals surface area (Å²) in [6.45, 7) is 2.09. The highest BCUT2D eigenvalue weighted by Crippen LogP contribution is 2.25. The lowest BCUT2D eigenvalue weighted by Gasteiger charge is -2.14. The molecule has 0 saturated carbocycles. The van der Waals surface area contributed by atoms with Crippen LogP contribution >= 0.6 is 23.2 Å². The zero-order valence-electron chi connectivity index (χ0n) is 10.2. The summed E-state index contributed by atoms with van der Waals surface area (Å²) in [4.78, 5) is 0. The Kier molecular flexibility index (Phi) is 4.28. The Morgan fingerprint density at radius 2 is 1.67 bits per heavy atom. The molecule has 18 heavy (non-hydrogen) atoms. The van der Waals surface area contributed by atoms with E-state index in [2.05, 4.69) is 19.1 Å². The number of aryl methyl sites for hydroxylation is 1. The van der Waals surface area contributed by atoms with Gasteiger partial charge >= 0.3 is 0 Å². The van der Waals surface area contributed by atoms with Crippen molar-refractivity contribution in [1.82, 2.24) is 0 Å². The van der Waals surface area contributed by atoms with Crippen molar-refractivity contribution in [3.8, 4) is 0 Å². The maximum atomic E-state index is 6.22. The van der Waals surface area contributed by atoms with E-state index in [9.17, 15) is 0 Å². The average Bonchev–Trinajstić information content (AvgIpc) is 2.31. The summed E-state index contributed by atoms with van der Waals surface area (Å²) >= 11 is 12.0. The van der Waals surface area contributed by atoms with Gasteiger partial charge in [-0.05, 0) is 48.2 Å². The zero-order valence-corrected chi connectivity index (χ0v) is 11.7. The molecule has 0 heterocycles. The van der Waals surface area contributed by atoms with Crippen molar-refractivity contribution in [3.63, 3.8) is 0 Å². The second-order valence-corrected chi connectivity index (χ2v) is 5.31. The number of halogens is 2.